The van der Waals surface area contributed by atoms with Gasteiger partial charge in [0.1, 0.15) is 5.69 Å². The Hall–Kier alpha value is -3.24. The molecule has 0 saturated heterocycles. The number of nitrogens with one attached hydrogen (secondary N) is 1. The van der Waals surface area contributed by atoms with E-state index in [-0.39, 0.29) is 30.0 Å². The first-order valence-corrected chi connectivity index (χ1v) is 10.4. The SMILES string of the molecule is NC(=O)N1CCn2nc(-c3cccc(Cl)c3)c(C(=O)Nc3ccc(Cl)c(C(F)(F)F)c3)c2C1. The summed E-state index contributed by atoms with van der Waals surface area (Å²) in [5.41, 5.74) is 5.55. The van der Waals surface area contributed by atoms with Gasteiger partial charge in [-0.3, -0.25) is 9.48 Å². The maximum atomic E-state index is 13.3. The third kappa shape index (κ3) is 4.62. The summed E-state index contributed by atoms with van der Waals surface area (Å²) in [6, 6.07) is 9.07. The minimum Gasteiger partial charge on any atom is -0.351 e. The van der Waals surface area contributed by atoms with Crippen molar-refractivity contribution in [1.82, 2.24) is 14.7 Å². The molecule has 0 fully saturated rings. The second kappa shape index (κ2) is 8.60. The summed E-state index contributed by atoms with van der Waals surface area (Å²) in [6.45, 7) is 0.602. The molecule has 33 heavy (non-hydrogen) atoms. The number of halogens is 5. The van der Waals surface area contributed by atoms with E-state index < -0.39 is 28.7 Å². The van der Waals surface area contributed by atoms with Gasteiger partial charge in [-0.05, 0) is 30.3 Å². The standard InChI is InChI=1S/C21H16Cl2F3N5O2/c22-12-3-1-2-11(8-12)18-17(16-10-30(20(27)33)6-7-31(16)29-18)19(32)28-13-4-5-15(23)14(9-13)21(24,25)26/h1-5,8-9H,6-7,10H2,(H2,27,33)(H,28,32). The molecule has 0 atom stereocenters. The first-order chi connectivity index (χ1) is 15.5. The molecule has 4 rings (SSSR count). The number of amides is 3. The largest absolute Gasteiger partial charge is 0.417 e. The van der Waals surface area contributed by atoms with Crippen molar-refractivity contribution in [3.8, 4) is 11.3 Å². The zero-order valence-corrected chi connectivity index (χ0v) is 18.3. The van der Waals surface area contributed by atoms with Crippen LogP contribution in [0, 0.1) is 0 Å². The minimum absolute atomic E-state index is 0.0140. The smallest absolute Gasteiger partial charge is 0.351 e. The van der Waals surface area contributed by atoms with Crippen LogP contribution in [-0.4, -0.2) is 33.2 Å². The van der Waals surface area contributed by atoms with Crippen LogP contribution in [-0.2, 0) is 19.3 Å². The number of nitrogens with zero attached hydrogens (tertiary/aromatic N) is 3. The number of alkyl halides is 3. The molecule has 0 aliphatic carbocycles. The molecule has 1 aromatic heterocycles. The molecule has 7 nitrogen and oxygen atoms in total. The van der Waals surface area contributed by atoms with Gasteiger partial charge >= 0.3 is 12.2 Å². The van der Waals surface area contributed by atoms with E-state index in [1.165, 1.54) is 11.0 Å². The quantitative estimate of drug-likeness (QED) is 0.531. The van der Waals surface area contributed by atoms with Crippen molar-refractivity contribution >= 4 is 40.8 Å². The molecule has 2 aromatic carbocycles. The molecule has 0 spiro atoms. The number of hydrogen-bond acceptors (Lipinski definition) is 3. The fraction of sp³-hybridized carbons (Fsp3) is 0.190. The zero-order chi connectivity index (χ0) is 23.9. The van der Waals surface area contributed by atoms with E-state index in [2.05, 4.69) is 10.4 Å². The molecule has 1 aliphatic heterocycles. The molecule has 0 saturated carbocycles. The topological polar surface area (TPSA) is 93.2 Å². The van der Waals surface area contributed by atoms with Crippen LogP contribution in [0.5, 0.6) is 0 Å². The van der Waals surface area contributed by atoms with Crippen LogP contribution in [0.15, 0.2) is 42.5 Å². The maximum Gasteiger partial charge on any atom is 0.417 e. The van der Waals surface area contributed by atoms with Gasteiger partial charge < -0.3 is 16.0 Å². The summed E-state index contributed by atoms with van der Waals surface area (Å²) in [5.74, 6) is -0.701. The average Bonchev–Trinajstić information content (AvgIpc) is 3.13. The fourth-order valence-electron chi connectivity index (χ4n) is 3.60. The molecule has 0 radical (unpaired) electrons. The molecule has 1 aliphatic rings. The van der Waals surface area contributed by atoms with Crippen molar-refractivity contribution in [2.24, 2.45) is 5.73 Å². The van der Waals surface area contributed by atoms with Crippen molar-refractivity contribution in [3.63, 3.8) is 0 Å². The second-order valence-corrected chi connectivity index (χ2v) is 8.15. The van der Waals surface area contributed by atoms with E-state index in [1.807, 2.05) is 0 Å². The summed E-state index contributed by atoms with van der Waals surface area (Å²) < 4.78 is 41.3. The Morgan fingerprint density at radius 3 is 2.52 bits per heavy atom. The zero-order valence-electron chi connectivity index (χ0n) is 16.8. The average molecular weight is 498 g/mol. The second-order valence-electron chi connectivity index (χ2n) is 7.31. The number of nitrogens with two attached hydrogens (primary N) is 1. The number of hydrogen-bond donors (Lipinski definition) is 2. The fourth-order valence-corrected chi connectivity index (χ4v) is 4.01. The number of fused-ring (bicyclic) bond motifs is 1. The molecule has 3 aromatic rings. The Kier molecular flexibility index (Phi) is 5.98. The maximum absolute atomic E-state index is 13.3. The molecule has 172 valence electrons. The summed E-state index contributed by atoms with van der Waals surface area (Å²) in [4.78, 5) is 26.4. The van der Waals surface area contributed by atoms with E-state index in [1.54, 1.807) is 28.9 Å². The third-order valence-electron chi connectivity index (χ3n) is 5.15. The van der Waals surface area contributed by atoms with Gasteiger partial charge in [-0.1, -0.05) is 35.3 Å². The van der Waals surface area contributed by atoms with Gasteiger partial charge in [0.2, 0.25) is 0 Å². The first-order valence-electron chi connectivity index (χ1n) is 9.62. The van der Waals surface area contributed by atoms with Crippen LogP contribution in [0.4, 0.5) is 23.7 Å². The lowest BCUT2D eigenvalue weighted by Gasteiger charge is -2.26. The molecule has 12 heteroatoms. The van der Waals surface area contributed by atoms with Crippen LogP contribution in [0.25, 0.3) is 11.3 Å². The van der Waals surface area contributed by atoms with Crippen molar-refractivity contribution in [2.75, 3.05) is 11.9 Å². The monoisotopic (exact) mass is 497 g/mol. The summed E-state index contributed by atoms with van der Waals surface area (Å²) in [7, 11) is 0. The third-order valence-corrected chi connectivity index (χ3v) is 5.71. The van der Waals surface area contributed by atoms with Crippen LogP contribution in [0.2, 0.25) is 10.0 Å². The van der Waals surface area contributed by atoms with Gasteiger partial charge in [-0.2, -0.15) is 18.3 Å². The van der Waals surface area contributed by atoms with Gasteiger partial charge in [0.05, 0.1) is 34.9 Å². The van der Waals surface area contributed by atoms with Crippen LogP contribution in [0.3, 0.4) is 0 Å². The van der Waals surface area contributed by atoms with Crippen molar-refractivity contribution < 1.29 is 22.8 Å². The van der Waals surface area contributed by atoms with E-state index in [9.17, 15) is 22.8 Å². The predicted molar refractivity (Wildman–Crippen MR) is 117 cm³/mol. The minimum atomic E-state index is -4.69. The lowest BCUT2D eigenvalue weighted by atomic mass is 10.0. The lowest BCUT2D eigenvalue weighted by molar-refractivity contribution is -0.137. The lowest BCUT2D eigenvalue weighted by Crippen LogP contribution is -2.42. The molecule has 0 unspecified atom stereocenters. The first kappa shape index (κ1) is 22.9. The Morgan fingerprint density at radius 2 is 1.85 bits per heavy atom. The normalized spacial score (nSPS) is 13.5. The van der Waals surface area contributed by atoms with Gasteiger partial charge in [0.25, 0.3) is 5.91 Å². The van der Waals surface area contributed by atoms with Crippen molar-refractivity contribution in [2.45, 2.75) is 19.3 Å². The van der Waals surface area contributed by atoms with Gasteiger partial charge in [-0.15, -0.1) is 0 Å². The van der Waals surface area contributed by atoms with Gasteiger partial charge in [0, 0.05) is 22.8 Å². The predicted octanol–water partition coefficient (Wildman–Crippen LogP) is 5.02. The number of anilines is 1. The number of primary amides is 1. The van der Waals surface area contributed by atoms with Gasteiger partial charge in [0.15, 0.2) is 0 Å². The number of rotatable bonds is 3. The molecular weight excluding hydrogens is 482 g/mol. The highest BCUT2D eigenvalue weighted by Crippen LogP contribution is 2.37. The molecular formula is C21H16Cl2F3N5O2. The molecule has 3 amide bonds. The Balaban J connectivity index is 1.78. The highest BCUT2D eigenvalue weighted by Gasteiger charge is 2.34. The van der Waals surface area contributed by atoms with Gasteiger partial charge in [-0.25, -0.2) is 4.79 Å². The summed E-state index contributed by atoms with van der Waals surface area (Å²) in [6.07, 6.45) is -4.69. The highest BCUT2D eigenvalue weighted by molar-refractivity contribution is 6.31. The number of carbonyl (C=O) groups excluding carboxylic acids is 2. The number of carbonyl (C=O) groups is 2. The van der Waals surface area contributed by atoms with Crippen molar-refractivity contribution in [3.05, 3.63) is 69.3 Å². The van der Waals surface area contributed by atoms with Crippen molar-refractivity contribution in [1.29, 1.82) is 0 Å². The Labute approximate surface area is 195 Å². The van der Waals surface area contributed by atoms with E-state index in [0.29, 0.717) is 22.8 Å². The number of aromatic nitrogens is 2. The number of benzene rings is 2. The number of urea groups is 1. The molecule has 3 N–H and O–H groups in total. The molecule has 2 heterocycles. The summed E-state index contributed by atoms with van der Waals surface area (Å²) >= 11 is 11.8. The van der Waals surface area contributed by atoms with Crippen LogP contribution < -0.4 is 11.1 Å². The highest BCUT2D eigenvalue weighted by atomic mass is 35.5. The van der Waals surface area contributed by atoms with Crippen LogP contribution >= 0.6 is 23.2 Å². The summed E-state index contributed by atoms with van der Waals surface area (Å²) in [5, 5.41) is 6.92. The van der Waals surface area contributed by atoms with E-state index >= 15 is 0 Å². The van der Waals surface area contributed by atoms with Crippen LogP contribution in [0.1, 0.15) is 21.6 Å². The van der Waals surface area contributed by atoms with E-state index in [0.717, 1.165) is 12.1 Å². The Morgan fingerprint density at radius 1 is 1.09 bits per heavy atom. The Bertz CT molecular complexity index is 1260. The van der Waals surface area contributed by atoms with E-state index in [4.69, 9.17) is 28.9 Å². The molecule has 0 bridgehead atoms.